The fraction of sp³-hybridized carbons (Fsp3) is 0.250. The van der Waals surface area contributed by atoms with Gasteiger partial charge in [-0.25, -0.2) is 10.2 Å². The number of rotatable bonds is 9. The van der Waals surface area contributed by atoms with Crippen LogP contribution in [0, 0.1) is 0 Å². The fourth-order valence-electron chi connectivity index (χ4n) is 3.07. The predicted molar refractivity (Wildman–Crippen MR) is 117 cm³/mol. The molecule has 0 spiro atoms. The van der Waals surface area contributed by atoms with Crippen LogP contribution >= 0.6 is 0 Å². The third kappa shape index (κ3) is 5.69. The Morgan fingerprint density at radius 3 is 2.25 bits per heavy atom. The van der Waals surface area contributed by atoms with Crippen molar-refractivity contribution in [3.05, 3.63) is 77.4 Å². The van der Waals surface area contributed by atoms with Crippen molar-refractivity contribution in [2.24, 2.45) is 5.10 Å². The summed E-state index contributed by atoms with van der Waals surface area (Å²) in [4.78, 5) is 11.8. The number of esters is 1. The van der Waals surface area contributed by atoms with Gasteiger partial charge in [-0.1, -0.05) is 42.5 Å². The minimum Gasteiger partial charge on any atom is -0.488 e. The lowest BCUT2D eigenvalue weighted by Gasteiger charge is -2.27. The van der Waals surface area contributed by atoms with Gasteiger partial charge in [0, 0.05) is 5.56 Å². The maximum absolute atomic E-state index is 13.6. The van der Waals surface area contributed by atoms with Gasteiger partial charge in [-0.05, 0) is 41.5 Å². The molecule has 0 amide bonds. The number of ether oxygens (including phenoxy) is 2. The van der Waals surface area contributed by atoms with E-state index in [9.17, 15) is 35.5 Å². The second-order valence-electron chi connectivity index (χ2n) is 7.42. The Morgan fingerprint density at radius 1 is 0.944 bits per heavy atom. The molecule has 0 saturated carbocycles. The van der Waals surface area contributed by atoms with E-state index < -0.39 is 24.1 Å². The Kier molecular flexibility index (Phi) is 7.75. The molecule has 0 saturated heterocycles. The van der Waals surface area contributed by atoms with Crippen molar-refractivity contribution in [3.8, 4) is 5.75 Å². The molecule has 0 bridgehead atoms. The van der Waals surface area contributed by atoms with Crippen LogP contribution in [0.4, 0.5) is 30.7 Å². The average molecular weight is 516 g/mol. The average Bonchev–Trinajstić information content (AvgIpc) is 2.83. The van der Waals surface area contributed by atoms with Crippen molar-refractivity contribution in [2.75, 3.05) is 6.61 Å². The summed E-state index contributed by atoms with van der Waals surface area (Å²) < 4.78 is 101. The van der Waals surface area contributed by atoms with Crippen LogP contribution in [0.2, 0.25) is 0 Å². The molecule has 3 aromatic rings. The van der Waals surface area contributed by atoms with Crippen molar-refractivity contribution in [1.29, 1.82) is 0 Å². The van der Waals surface area contributed by atoms with Crippen LogP contribution < -0.4 is 10.2 Å². The van der Waals surface area contributed by atoms with Gasteiger partial charge in [-0.3, -0.25) is 0 Å². The zero-order valence-corrected chi connectivity index (χ0v) is 18.6. The third-order valence-corrected chi connectivity index (χ3v) is 4.94. The number of nitrogens with zero attached hydrogens (tertiary/aromatic N) is 1. The van der Waals surface area contributed by atoms with E-state index in [1.165, 1.54) is 18.2 Å². The Hall–Kier alpha value is -3.83. The van der Waals surface area contributed by atoms with Crippen LogP contribution in [0.15, 0.2) is 65.8 Å². The quantitative estimate of drug-likeness (QED) is 0.119. The number of hydrogen-bond donors (Lipinski definition) is 1. The van der Waals surface area contributed by atoms with Gasteiger partial charge in [0.2, 0.25) is 0 Å². The van der Waals surface area contributed by atoms with E-state index in [-0.39, 0.29) is 24.5 Å². The lowest BCUT2D eigenvalue weighted by atomic mass is 10.0. The van der Waals surface area contributed by atoms with Gasteiger partial charge in [0.15, 0.2) is 0 Å². The molecule has 12 heteroatoms. The topological polar surface area (TPSA) is 59.9 Å². The van der Waals surface area contributed by atoms with Crippen molar-refractivity contribution >= 4 is 23.0 Å². The van der Waals surface area contributed by atoms with Gasteiger partial charge in [-0.15, -0.1) is 0 Å². The molecule has 0 atom stereocenters. The first-order valence-corrected chi connectivity index (χ1v) is 10.4. The van der Waals surface area contributed by atoms with E-state index in [1.54, 1.807) is 49.4 Å². The predicted octanol–water partition coefficient (Wildman–Crippen LogP) is 6.31. The number of benzene rings is 3. The van der Waals surface area contributed by atoms with Crippen molar-refractivity contribution < 1.29 is 45.0 Å². The summed E-state index contributed by atoms with van der Waals surface area (Å²) in [5, 5.41) is 4.00. The second-order valence-corrected chi connectivity index (χ2v) is 7.42. The Morgan fingerprint density at radius 2 is 1.61 bits per heavy atom. The number of halogens is 7. The number of carbonyl (C=O) groups is 1. The lowest BCUT2D eigenvalue weighted by Crippen LogP contribution is -2.58. The summed E-state index contributed by atoms with van der Waals surface area (Å²) in [7, 11) is 0. The first kappa shape index (κ1) is 26.8. The smallest absolute Gasteiger partial charge is 0.462 e. The molecule has 36 heavy (non-hydrogen) atoms. The Balaban J connectivity index is 1.85. The molecular weight excluding hydrogens is 497 g/mol. The van der Waals surface area contributed by atoms with Gasteiger partial charge in [0.05, 0.1) is 18.4 Å². The SMILES string of the molecule is CCOC(=O)c1ccc(COc2ccc3ccccc3c2/C=N\NC(F)(F)C(F)(F)C(F)(F)F)cc1. The van der Waals surface area contributed by atoms with Crippen LogP contribution in [0.25, 0.3) is 10.8 Å². The summed E-state index contributed by atoms with van der Waals surface area (Å²) in [5.41, 5.74) is 1.62. The standard InChI is InChI=1S/C24H19F7N2O3/c1-2-35-21(34)17-9-7-15(8-10-17)14-36-20-12-11-16-5-3-4-6-18(16)19(20)13-32-33-24(30,31)22(25,26)23(27,28)29/h3-13,33H,2,14H2,1H3/b32-13-. The number of fused-ring (bicyclic) bond motifs is 1. The van der Waals surface area contributed by atoms with Gasteiger partial charge in [-0.2, -0.15) is 35.8 Å². The zero-order chi connectivity index (χ0) is 26.6. The highest BCUT2D eigenvalue weighted by atomic mass is 19.4. The fourth-order valence-corrected chi connectivity index (χ4v) is 3.07. The van der Waals surface area contributed by atoms with Crippen LogP contribution in [0.1, 0.15) is 28.4 Å². The minimum absolute atomic E-state index is 0.0436. The van der Waals surface area contributed by atoms with Gasteiger partial charge >= 0.3 is 24.1 Å². The maximum atomic E-state index is 13.6. The number of nitrogens with one attached hydrogen (secondary N) is 1. The van der Waals surface area contributed by atoms with Crippen molar-refractivity contribution in [3.63, 3.8) is 0 Å². The molecule has 0 aliphatic rings. The van der Waals surface area contributed by atoms with E-state index in [1.807, 2.05) is 0 Å². The van der Waals surface area contributed by atoms with Gasteiger partial charge in [0.1, 0.15) is 12.4 Å². The molecule has 0 fully saturated rings. The first-order chi connectivity index (χ1) is 16.9. The summed E-state index contributed by atoms with van der Waals surface area (Å²) >= 11 is 0. The molecule has 3 aromatic carbocycles. The van der Waals surface area contributed by atoms with E-state index in [4.69, 9.17) is 9.47 Å². The van der Waals surface area contributed by atoms with Crippen molar-refractivity contribution in [1.82, 2.24) is 5.43 Å². The zero-order valence-electron chi connectivity index (χ0n) is 18.6. The Bertz CT molecular complexity index is 1240. The second kappa shape index (κ2) is 10.4. The largest absolute Gasteiger partial charge is 0.488 e. The molecule has 5 nitrogen and oxygen atoms in total. The molecule has 0 aliphatic heterocycles. The normalized spacial score (nSPS) is 12.7. The molecule has 0 heterocycles. The van der Waals surface area contributed by atoms with Crippen LogP contribution in [-0.4, -0.2) is 36.9 Å². The number of carbonyl (C=O) groups excluding carboxylic acids is 1. The molecule has 0 unspecified atom stereocenters. The highest BCUT2D eigenvalue weighted by Gasteiger charge is 2.73. The van der Waals surface area contributed by atoms with E-state index >= 15 is 0 Å². The molecular formula is C24H19F7N2O3. The van der Waals surface area contributed by atoms with Crippen LogP contribution in [0.5, 0.6) is 5.75 Å². The van der Waals surface area contributed by atoms with E-state index in [0.29, 0.717) is 33.5 Å². The summed E-state index contributed by atoms with van der Waals surface area (Å²) in [5.74, 6) is -6.76. The van der Waals surface area contributed by atoms with Crippen LogP contribution in [0.3, 0.4) is 0 Å². The highest BCUT2D eigenvalue weighted by Crippen LogP contribution is 2.45. The number of hydrazone groups is 1. The maximum Gasteiger partial charge on any atom is 0.462 e. The lowest BCUT2D eigenvalue weighted by molar-refractivity contribution is -0.361. The first-order valence-electron chi connectivity index (χ1n) is 10.4. The molecule has 0 aliphatic carbocycles. The molecule has 1 N–H and O–H groups in total. The van der Waals surface area contributed by atoms with Gasteiger partial charge in [0.25, 0.3) is 0 Å². The molecule has 3 rings (SSSR count). The molecule has 0 aromatic heterocycles. The summed E-state index contributed by atoms with van der Waals surface area (Å²) in [6, 6.07) is 10.2. The number of alkyl halides is 7. The highest BCUT2D eigenvalue weighted by molar-refractivity contribution is 6.02. The van der Waals surface area contributed by atoms with E-state index in [0.717, 1.165) is 0 Å². The Labute approximate surface area is 200 Å². The van der Waals surface area contributed by atoms with Gasteiger partial charge < -0.3 is 9.47 Å². The molecule has 192 valence electrons. The number of hydrogen-bond acceptors (Lipinski definition) is 5. The van der Waals surface area contributed by atoms with Crippen LogP contribution in [-0.2, 0) is 11.3 Å². The third-order valence-electron chi connectivity index (χ3n) is 4.94. The monoisotopic (exact) mass is 516 g/mol. The van der Waals surface area contributed by atoms with Crippen molar-refractivity contribution in [2.45, 2.75) is 31.7 Å². The van der Waals surface area contributed by atoms with E-state index in [2.05, 4.69) is 5.10 Å². The molecule has 0 radical (unpaired) electrons. The minimum atomic E-state index is -6.49. The summed E-state index contributed by atoms with van der Waals surface area (Å²) in [6.45, 7) is 1.84. The summed E-state index contributed by atoms with van der Waals surface area (Å²) in [6.07, 6.45) is -5.81.